The summed E-state index contributed by atoms with van der Waals surface area (Å²) in [5, 5.41) is 3.38. The van der Waals surface area contributed by atoms with Gasteiger partial charge in [0, 0.05) is 18.0 Å². The first-order chi connectivity index (χ1) is 11.1. The van der Waals surface area contributed by atoms with Gasteiger partial charge in [0.05, 0.1) is 0 Å². The van der Waals surface area contributed by atoms with Crippen molar-refractivity contribution in [3.63, 3.8) is 0 Å². The third kappa shape index (κ3) is 7.04. The molecule has 1 N–H and O–H groups in total. The molecular formula is C18H24ClNO3. The Morgan fingerprint density at radius 3 is 2.52 bits per heavy atom. The number of carbonyl (C=O) groups is 2. The van der Waals surface area contributed by atoms with Crippen LogP contribution in [0.25, 0.3) is 0 Å². The van der Waals surface area contributed by atoms with Gasteiger partial charge in [-0.2, -0.15) is 0 Å². The molecule has 0 unspecified atom stereocenters. The Kier molecular flexibility index (Phi) is 7.40. The lowest BCUT2D eigenvalue weighted by molar-refractivity contribution is -0.148. The highest BCUT2D eigenvalue weighted by atomic mass is 35.5. The summed E-state index contributed by atoms with van der Waals surface area (Å²) in [4.78, 5) is 23.4. The molecule has 1 fully saturated rings. The molecule has 0 heterocycles. The van der Waals surface area contributed by atoms with E-state index in [-0.39, 0.29) is 18.5 Å². The summed E-state index contributed by atoms with van der Waals surface area (Å²) in [5.74, 6) is 0.0817. The summed E-state index contributed by atoms with van der Waals surface area (Å²) in [6.45, 7) is 0.187. The Balaban J connectivity index is 1.57. The topological polar surface area (TPSA) is 55.4 Å². The Morgan fingerprint density at radius 1 is 1.13 bits per heavy atom. The lowest BCUT2D eigenvalue weighted by Crippen LogP contribution is -2.28. The number of hydrogen-bond acceptors (Lipinski definition) is 3. The molecule has 126 valence electrons. The molecule has 0 aromatic heterocycles. The summed E-state index contributed by atoms with van der Waals surface area (Å²) in [7, 11) is 0. The van der Waals surface area contributed by atoms with Gasteiger partial charge in [-0.05, 0) is 30.0 Å². The van der Waals surface area contributed by atoms with Crippen molar-refractivity contribution < 1.29 is 14.3 Å². The van der Waals surface area contributed by atoms with Gasteiger partial charge in [0.2, 0.25) is 0 Å². The average molecular weight is 338 g/mol. The summed E-state index contributed by atoms with van der Waals surface area (Å²) >= 11 is 5.80. The van der Waals surface area contributed by atoms with Crippen molar-refractivity contribution in [2.45, 2.75) is 51.5 Å². The standard InChI is InChI=1S/C18H24ClNO3/c19-16-9-6-15(7-10-16)12-20-17(21)13-23-18(22)11-8-14-4-2-1-3-5-14/h6-7,9-10,14H,1-5,8,11-13H2,(H,20,21). The molecule has 0 atom stereocenters. The first-order valence-corrected chi connectivity index (χ1v) is 8.68. The number of rotatable bonds is 7. The highest BCUT2D eigenvalue weighted by molar-refractivity contribution is 6.30. The number of carbonyl (C=O) groups excluding carboxylic acids is 2. The van der Waals surface area contributed by atoms with E-state index in [1.807, 2.05) is 12.1 Å². The van der Waals surface area contributed by atoms with Gasteiger partial charge in [0.25, 0.3) is 5.91 Å². The fourth-order valence-corrected chi connectivity index (χ4v) is 3.00. The smallest absolute Gasteiger partial charge is 0.306 e. The van der Waals surface area contributed by atoms with Crippen LogP contribution in [0.2, 0.25) is 5.02 Å². The molecule has 1 aromatic rings. The average Bonchev–Trinajstić information content (AvgIpc) is 2.58. The Bertz CT molecular complexity index is 510. The van der Waals surface area contributed by atoms with Crippen LogP contribution in [0.3, 0.4) is 0 Å². The minimum atomic E-state index is -0.286. The van der Waals surface area contributed by atoms with Gasteiger partial charge in [-0.25, -0.2) is 0 Å². The maximum Gasteiger partial charge on any atom is 0.306 e. The largest absolute Gasteiger partial charge is 0.456 e. The van der Waals surface area contributed by atoms with E-state index in [4.69, 9.17) is 16.3 Å². The molecule has 0 radical (unpaired) electrons. The number of halogens is 1. The molecule has 0 spiro atoms. The molecular weight excluding hydrogens is 314 g/mol. The van der Waals surface area contributed by atoms with Gasteiger partial charge in [-0.3, -0.25) is 9.59 Å². The van der Waals surface area contributed by atoms with Crippen LogP contribution in [0.5, 0.6) is 0 Å². The molecule has 23 heavy (non-hydrogen) atoms. The zero-order chi connectivity index (χ0) is 16.5. The second-order valence-corrected chi connectivity index (χ2v) is 6.54. The number of ether oxygens (including phenoxy) is 1. The SMILES string of the molecule is O=C(COC(=O)CCC1CCCCC1)NCc1ccc(Cl)cc1. The van der Waals surface area contributed by atoms with Crippen molar-refractivity contribution in [3.05, 3.63) is 34.9 Å². The van der Waals surface area contributed by atoms with Crippen molar-refractivity contribution in [1.29, 1.82) is 0 Å². The van der Waals surface area contributed by atoms with Crippen LogP contribution < -0.4 is 5.32 Å². The second-order valence-electron chi connectivity index (χ2n) is 6.11. The summed E-state index contributed by atoms with van der Waals surface area (Å²) in [6, 6.07) is 7.24. The van der Waals surface area contributed by atoms with E-state index >= 15 is 0 Å². The van der Waals surface area contributed by atoms with E-state index in [0.29, 0.717) is 23.9 Å². The summed E-state index contributed by atoms with van der Waals surface area (Å²) in [6.07, 6.45) is 7.58. The van der Waals surface area contributed by atoms with Crippen molar-refractivity contribution >= 4 is 23.5 Å². The van der Waals surface area contributed by atoms with Crippen molar-refractivity contribution in [2.24, 2.45) is 5.92 Å². The minimum Gasteiger partial charge on any atom is -0.456 e. The lowest BCUT2D eigenvalue weighted by atomic mass is 9.86. The van der Waals surface area contributed by atoms with Crippen molar-refractivity contribution in [2.75, 3.05) is 6.61 Å². The van der Waals surface area contributed by atoms with Gasteiger partial charge in [-0.1, -0.05) is 55.8 Å². The molecule has 1 amide bonds. The fraction of sp³-hybridized carbons (Fsp3) is 0.556. The molecule has 1 aliphatic rings. The zero-order valence-electron chi connectivity index (χ0n) is 13.4. The highest BCUT2D eigenvalue weighted by Crippen LogP contribution is 2.27. The van der Waals surface area contributed by atoms with Crippen LogP contribution in [-0.2, 0) is 20.9 Å². The Labute approximate surface area is 142 Å². The maximum absolute atomic E-state index is 11.7. The molecule has 2 rings (SSSR count). The van der Waals surface area contributed by atoms with Gasteiger partial charge in [0.1, 0.15) is 0 Å². The van der Waals surface area contributed by atoms with Crippen molar-refractivity contribution in [3.8, 4) is 0 Å². The molecule has 4 nitrogen and oxygen atoms in total. The van der Waals surface area contributed by atoms with E-state index < -0.39 is 0 Å². The Hall–Kier alpha value is -1.55. The van der Waals surface area contributed by atoms with E-state index in [1.54, 1.807) is 12.1 Å². The monoisotopic (exact) mass is 337 g/mol. The molecule has 1 saturated carbocycles. The van der Waals surface area contributed by atoms with E-state index in [9.17, 15) is 9.59 Å². The number of amides is 1. The van der Waals surface area contributed by atoms with Gasteiger partial charge in [0.15, 0.2) is 6.61 Å². The quantitative estimate of drug-likeness (QED) is 0.769. The molecule has 0 bridgehead atoms. The van der Waals surface area contributed by atoms with Crippen LogP contribution in [-0.4, -0.2) is 18.5 Å². The predicted molar refractivity (Wildman–Crippen MR) is 90.1 cm³/mol. The van der Waals surface area contributed by atoms with E-state index in [0.717, 1.165) is 12.0 Å². The van der Waals surface area contributed by atoms with Gasteiger partial charge in [-0.15, -0.1) is 0 Å². The maximum atomic E-state index is 11.7. The zero-order valence-corrected chi connectivity index (χ0v) is 14.1. The van der Waals surface area contributed by atoms with Crippen LogP contribution in [0.15, 0.2) is 24.3 Å². The predicted octanol–water partition coefficient (Wildman–Crippen LogP) is 3.86. The number of nitrogens with one attached hydrogen (secondary N) is 1. The molecule has 0 aliphatic heterocycles. The first kappa shape index (κ1) is 17.8. The van der Waals surface area contributed by atoms with E-state index in [2.05, 4.69) is 5.32 Å². The normalized spacial score (nSPS) is 15.2. The summed E-state index contributed by atoms with van der Waals surface area (Å²) in [5.41, 5.74) is 0.950. The van der Waals surface area contributed by atoms with Crippen LogP contribution in [0.1, 0.15) is 50.5 Å². The van der Waals surface area contributed by atoms with Gasteiger partial charge < -0.3 is 10.1 Å². The number of benzene rings is 1. The first-order valence-electron chi connectivity index (χ1n) is 8.30. The molecule has 1 aliphatic carbocycles. The highest BCUT2D eigenvalue weighted by Gasteiger charge is 2.15. The number of hydrogen-bond donors (Lipinski definition) is 1. The Morgan fingerprint density at radius 2 is 1.83 bits per heavy atom. The number of esters is 1. The van der Waals surface area contributed by atoms with Crippen LogP contribution >= 0.6 is 11.6 Å². The molecule has 5 heteroatoms. The third-order valence-corrected chi connectivity index (χ3v) is 4.50. The molecule has 0 saturated heterocycles. The van der Waals surface area contributed by atoms with E-state index in [1.165, 1.54) is 32.1 Å². The van der Waals surface area contributed by atoms with Crippen LogP contribution in [0.4, 0.5) is 0 Å². The summed E-state index contributed by atoms with van der Waals surface area (Å²) < 4.78 is 5.03. The lowest BCUT2D eigenvalue weighted by Gasteiger charge is -2.20. The second kappa shape index (κ2) is 9.56. The molecule has 1 aromatic carbocycles. The third-order valence-electron chi connectivity index (χ3n) is 4.25. The van der Waals surface area contributed by atoms with Crippen LogP contribution in [0, 0.1) is 5.92 Å². The van der Waals surface area contributed by atoms with Gasteiger partial charge >= 0.3 is 5.97 Å². The fourth-order valence-electron chi connectivity index (χ4n) is 2.87. The van der Waals surface area contributed by atoms with Crippen molar-refractivity contribution in [1.82, 2.24) is 5.32 Å². The minimum absolute atomic E-state index is 0.211.